The molecular formula is C21H27N5O4S. The van der Waals surface area contributed by atoms with Gasteiger partial charge in [-0.3, -0.25) is 0 Å². The second kappa shape index (κ2) is 8.37. The summed E-state index contributed by atoms with van der Waals surface area (Å²) in [6.45, 7) is 8.67. The van der Waals surface area contributed by atoms with E-state index in [0.717, 1.165) is 5.56 Å². The molecule has 4 N–H and O–H groups in total. The number of aliphatic hydroxyl groups is 1. The Balaban J connectivity index is 2.10. The Hall–Kier alpha value is -2.82. The molecule has 1 aromatic carbocycles. The van der Waals surface area contributed by atoms with Crippen LogP contribution in [0.4, 0.5) is 5.82 Å². The van der Waals surface area contributed by atoms with E-state index in [9.17, 15) is 13.5 Å². The summed E-state index contributed by atoms with van der Waals surface area (Å²) in [7, 11) is -3.90. The number of anilines is 1. The number of pyridine rings is 1. The third-order valence-corrected chi connectivity index (χ3v) is 6.00. The number of nitrogens with two attached hydrogens (primary N) is 1. The van der Waals surface area contributed by atoms with Crippen molar-refractivity contribution in [2.24, 2.45) is 0 Å². The van der Waals surface area contributed by atoms with Crippen molar-refractivity contribution in [1.29, 1.82) is 0 Å². The fraction of sp³-hybridized carbons (Fsp3) is 0.381. The number of rotatable bonds is 7. The molecule has 2 heterocycles. The average Bonchev–Trinajstić information content (AvgIpc) is 3.16. The first-order valence-corrected chi connectivity index (χ1v) is 11.3. The predicted molar refractivity (Wildman–Crippen MR) is 118 cm³/mol. The Morgan fingerprint density at radius 1 is 1.23 bits per heavy atom. The van der Waals surface area contributed by atoms with Crippen LogP contribution in [0, 0.1) is 6.92 Å². The zero-order valence-corrected chi connectivity index (χ0v) is 19.0. The molecule has 0 bridgehead atoms. The molecule has 0 aliphatic heterocycles. The molecule has 3 aromatic rings. The van der Waals surface area contributed by atoms with E-state index in [4.69, 9.17) is 10.3 Å². The van der Waals surface area contributed by atoms with Gasteiger partial charge in [-0.25, -0.2) is 18.1 Å². The van der Waals surface area contributed by atoms with Gasteiger partial charge in [-0.2, -0.15) is 4.98 Å². The molecule has 0 unspecified atom stereocenters. The number of aryl methyl sites for hydroxylation is 1. The van der Waals surface area contributed by atoms with Gasteiger partial charge in [0, 0.05) is 29.8 Å². The molecular weight excluding hydrogens is 418 g/mol. The molecule has 0 radical (unpaired) electrons. The minimum atomic E-state index is -3.90. The first-order chi connectivity index (χ1) is 14.4. The van der Waals surface area contributed by atoms with Crippen LogP contribution in [0.3, 0.4) is 0 Å². The Morgan fingerprint density at radius 3 is 2.55 bits per heavy atom. The molecule has 0 aliphatic rings. The number of nitrogen functional groups attached to an aromatic ring is 1. The summed E-state index contributed by atoms with van der Waals surface area (Å²) in [5.41, 5.74) is 7.11. The SMILES string of the molecule is Cc1ccc(S(=O)(=O)NCC(C)(C)O)c(-c2cnc(N)c(-c3nc(C(C)C)no3)c2)c1. The van der Waals surface area contributed by atoms with Crippen molar-refractivity contribution >= 4 is 15.8 Å². The standard InChI is InChI=1S/C21H27N5O4S/c1-12(2)19-25-20(30-26-19)16-9-14(10-23-18(16)22)15-8-13(3)6-7-17(15)31(28,29)24-11-21(4,5)27/h6-10,12,24,27H,11H2,1-5H3,(H2,22,23). The minimum Gasteiger partial charge on any atom is -0.389 e. The van der Waals surface area contributed by atoms with Gasteiger partial charge in [-0.15, -0.1) is 0 Å². The van der Waals surface area contributed by atoms with Gasteiger partial charge in [0.1, 0.15) is 5.82 Å². The molecule has 9 nitrogen and oxygen atoms in total. The van der Waals surface area contributed by atoms with E-state index < -0.39 is 15.6 Å². The molecule has 0 fully saturated rings. The molecule has 3 rings (SSSR count). The van der Waals surface area contributed by atoms with E-state index in [0.29, 0.717) is 22.5 Å². The van der Waals surface area contributed by atoms with Gasteiger partial charge in [0.15, 0.2) is 5.82 Å². The van der Waals surface area contributed by atoms with E-state index in [1.165, 1.54) is 26.1 Å². The molecule has 2 aromatic heterocycles. The van der Waals surface area contributed by atoms with Crippen molar-refractivity contribution in [1.82, 2.24) is 19.8 Å². The Labute approximate surface area is 181 Å². The van der Waals surface area contributed by atoms with Crippen LogP contribution >= 0.6 is 0 Å². The van der Waals surface area contributed by atoms with Gasteiger partial charge in [-0.1, -0.05) is 36.7 Å². The summed E-state index contributed by atoms with van der Waals surface area (Å²) >= 11 is 0. The topological polar surface area (TPSA) is 144 Å². The van der Waals surface area contributed by atoms with Crippen molar-refractivity contribution in [3.8, 4) is 22.6 Å². The van der Waals surface area contributed by atoms with Crippen LogP contribution in [0.2, 0.25) is 0 Å². The van der Waals surface area contributed by atoms with Crippen LogP contribution in [-0.2, 0) is 10.0 Å². The van der Waals surface area contributed by atoms with Crippen molar-refractivity contribution < 1.29 is 18.0 Å². The monoisotopic (exact) mass is 445 g/mol. The number of hydrogen-bond donors (Lipinski definition) is 3. The molecule has 0 spiro atoms. The highest BCUT2D eigenvalue weighted by atomic mass is 32.2. The normalized spacial score (nSPS) is 12.5. The molecule has 10 heteroatoms. The molecule has 31 heavy (non-hydrogen) atoms. The van der Waals surface area contributed by atoms with E-state index in [1.807, 2.05) is 20.8 Å². The molecule has 0 saturated carbocycles. The fourth-order valence-corrected chi connectivity index (χ4v) is 4.24. The molecule has 0 aliphatic carbocycles. The lowest BCUT2D eigenvalue weighted by Crippen LogP contribution is -2.38. The zero-order valence-electron chi connectivity index (χ0n) is 18.2. The highest BCUT2D eigenvalue weighted by Crippen LogP contribution is 2.33. The lowest BCUT2D eigenvalue weighted by atomic mass is 10.0. The van der Waals surface area contributed by atoms with E-state index >= 15 is 0 Å². The largest absolute Gasteiger partial charge is 0.389 e. The first kappa shape index (κ1) is 22.9. The third kappa shape index (κ3) is 5.27. The maximum atomic E-state index is 13.0. The quantitative estimate of drug-likeness (QED) is 0.503. The van der Waals surface area contributed by atoms with Gasteiger partial charge in [0.05, 0.1) is 16.1 Å². The molecule has 0 saturated heterocycles. The lowest BCUT2D eigenvalue weighted by molar-refractivity contribution is 0.0857. The third-order valence-electron chi connectivity index (χ3n) is 4.54. The smallest absolute Gasteiger partial charge is 0.261 e. The van der Waals surface area contributed by atoms with Crippen molar-refractivity contribution in [3.05, 3.63) is 41.9 Å². The van der Waals surface area contributed by atoms with Gasteiger partial charge < -0.3 is 15.4 Å². The minimum absolute atomic E-state index is 0.0632. The zero-order chi connectivity index (χ0) is 23.0. The number of aromatic nitrogens is 3. The summed E-state index contributed by atoms with van der Waals surface area (Å²) in [6.07, 6.45) is 1.50. The van der Waals surface area contributed by atoms with Gasteiger partial charge >= 0.3 is 0 Å². The van der Waals surface area contributed by atoms with Crippen LogP contribution in [0.5, 0.6) is 0 Å². The summed E-state index contributed by atoms with van der Waals surface area (Å²) in [5.74, 6) is 1.02. The van der Waals surface area contributed by atoms with Crippen LogP contribution in [0.1, 0.15) is 45.0 Å². The fourth-order valence-electron chi connectivity index (χ4n) is 2.83. The molecule has 0 atom stereocenters. The highest BCUT2D eigenvalue weighted by molar-refractivity contribution is 7.89. The number of nitrogens with zero attached hydrogens (tertiary/aromatic N) is 3. The van der Waals surface area contributed by atoms with Crippen molar-refractivity contribution in [2.45, 2.75) is 51.0 Å². The predicted octanol–water partition coefficient (Wildman–Crippen LogP) is 2.86. The Kier molecular flexibility index (Phi) is 6.17. The summed E-state index contributed by atoms with van der Waals surface area (Å²) < 4.78 is 33.7. The number of benzene rings is 1. The second-order valence-electron chi connectivity index (χ2n) is 8.41. The summed E-state index contributed by atoms with van der Waals surface area (Å²) in [5, 5.41) is 13.9. The van der Waals surface area contributed by atoms with E-state index in [2.05, 4.69) is 19.8 Å². The van der Waals surface area contributed by atoms with Crippen LogP contribution in [0.15, 0.2) is 39.9 Å². The summed E-state index contributed by atoms with van der Waals surface area (Å²) in [4.78, 5) is 8.65. The van der Waals surface area contributed by atoms with E-state index in [1.54, 1.807) is 18.2 Å². The number of hydrogen-bond acceptors (Lipinski definition) is 8. The van der Waals surface area contributed by atoms with E-state index in [-0.39, 0.29) is 29.1 Å². The second-order valence-corrected chi connectivity index (χ2v) is 10.1. The van der Waals surface area contributed by atoms with Crippen molar-refractivity contribution in [3.63, 3.8) is 0 Å². The molecule has 166 valence electrons. The van der Waals surface area contributed by atoms with Gasteiger partial charge in [-0.05, 0) is 32.9 Å². The first-order valence-electron chi connectivity index (χ1n) is 9.80. The van der Waals surface area contributed by atoms with Crippen molar-refractivity contribution in [2.75, 3.05) is 12.3 Å². The Morgan fingerprint density at radius 2 is 1.94 bits per heavy atom. The number of sulfonamides is 1. The van der Waals surface area contributed by atoms with Gasteiger partial charge in [0.25, 0.3) is 5.89 Å². The maximum Gasteiger partial charge on any atom is 0.261 e. The Bertz CT molecular complexity index is 1200. The highest BCUT2D eigenvalue weighted by Gasteiger charge is 2.24. The number of nitrogens with one attached hydrogen (secondary N) is 1. The summed E-state index contributed by atoms with van der Waals surface area (Å²) in [6, 6.07) is 6.67. The lowest BCUT2D eigenvalue weighted by Gasteiger charge is -2.19. The average molecular weight is 446 g/mol. The maximum absolute atomic E-state index is 13.0. The van der Waals surface area contributed by atoms with Crippen LogP contribution in [-0.4, -0.2) is 40.8 Å². The van der Waals surface area contributed by atoms with Crippen LogP contribution < -0.4 is 10.5 Å². The molecule has 0 amide bonds. The van der Waals surface area contributed by atoms with Crippen LogP contribution in [0.25, 0.3) is 22.6 Å². The van der Waals surface area contributed by atoms with Gasteiger partial charge in [0.2, 0.25) is 10.0 Å².